The number of aromatic nitrogens is 1. The fourth-order valence-electron chi connectivity index (χ4n) is 2.24. The standard InChI is InChI=1S/C16H20N2O4/c1-16(2,3)22-15(21)18-8-4-5-12-9-11(6-7-13(19)20)10-17-14(12)18/h6-7,9-10H,4-5,8H2,1-3H3,(H,19,20). The molecular formula is C16H20N2O4. The van der Waals surface area contributed by atoms with Gasteiger partial charge in [0.1, 0.15) is 11.4 Å². The number of carbonyl (C=O) groups excluding carboxylic acids is 1. The normalized spacial score (nSPS) is 14.8. The van der Waals surface area contributed by atoms with Gasteiger partial charge >= 0.3 is 12.1 Å². The molecule has 1 aliphatic rings. The van der Waals surface area contributed by atoms with E-state index in [9.17, 15) is 9.59 Å². The zero-order chi connectivity index (χ0) is 16.3. The lowest BCUT2D eigenvalue weighted by Gasteiger charge is -2.30. The van der Waals surface area contributed by atoms with Gasteiger partial charge in [-0.1, -0.05) is 0 Å². The number of carbonyl (C=O) groups is 2. The van der Waals surface area contributed by atoms with Crippen LogP contribution in [0.25, 0.3) is 6.08 Å². The molecule has 1 aliphatic heterocycles. The maximum Gasteiger partial charge on any atom is 0.416 e. The molecule has 22 heavy (non-hydrogen) atoms. The first-order valence-electron chi connectivity index (χ1n) is 7.17. The SMILES string of the molecule is CC(C)(C)OC(=O)N1CCCc2cc(C=CC(=O)O)cnc21. The summed E-state index contributed by atoms with van der Waals surface area (Å²) in [6.07, 6.45) is 5.33. The third-order valence-corrected chi connectivity index (χ3v) is 3.08. The number of fused-ring (bicyclic) bond motifs is 1. The predicted octanol–water partition coefficient (Wildman–Crippen LogP) is 2.87. The lowest BCUT2D eigenvalue weighted by atomic mass is 10.0. The van der Waals surface area contributed by atoms with Gasteiger partial charge in [-0.05, 0) is 56.9 Å². The van der Waals surface area contributed by atoms with Crippen LogP contribution in [0.3, 0.4) is 0 Å². The van der Waals surface area contributed by atoms with Crippen LogP contribution in [0.5, 0.6) is 0 Å². The maximum atomic E-state index is 12.2. The van der Waals surface area contributed by atoms with Gasteiger partial charge in [-0.25, -0.2) is 14.6 Å². The molecule has 0 saturated carbocycles. The number of hydrogen-bond donors (Lipinski definition) is 1. The molecule has 0 radical (unpaired) electrons. The van der Waals surface area contributed by atoms with Crippen LogP contribution in [0.4, 0.5) is 10.6 Å². The lowest BCUT2D eigenvalue weighted by Crippen LogP contribution is -2.40. The molecule has 6 heteroatoms. The van der Waals surface area contributed by atoms with Gasteiger partial charge in [-0.15, -0.1) is 0 Å². The second-order valence-corrected chi connectivity index (χ2v) is 6.16. The first-order chi connectivity index (χ1) is 10.3. The fourth-order valence-corrected chi connectivity index (χ4v) is 2.24. The van der Waals surface area contributed by atoms with Crippen molar-refractivity contribution >= 4 is 24.0 Å². The molecule has 0 fully saturated rings. The molecule has 1 N–H and O–H groups in total. The second-order valence-electron chi connectivity index (χ2n) is 6.16. The summed E-state index contributed by atoms with van der Waals surface area (Å²) in [5.41, 5.74) is 1.07. The van der Waals surface area contributed by atoms with Crippen molar-refractivity contribution < 1.29 is 19.4 Å². The Balaban J connectivity index is 2.24. The number of carboxylic acids is 1. The minimum Gasteiger partial charge on any atom is -0.478 e. The quantitative estimate of drug-likeness (QED) is 0.850. The molecule has 0 spiro atoms. The Hall–Kier alpha value is -2.37. The summed E-state index contributed by atoms with van der Waals surface area (Å²) >= 11 is 0. The van der Waals surface area contributed by atoms with Crippen molar-refractivity contribution in [2.24, 2.45) is 0 Å². The molecule has 0 unspecified atom stereocenters. The number of aryl methyl sites for hydroxylation is 1. The van der Waals surface area contributed by atoms with Crippen molar-refractivity contribution in [2.75, 3.05) is 11.4 Å². The van der Waals surface area contributed by atoms with E-state index in [1.165, 1.54) is 11.0 Å². The Kier molecular flexibility index (Phi) is 4.49. The summed E-state index contributed by atoms with van der Waals surface area (Å²) in [5.74, 6) is -0.416. The highest BCUT2D eigenvalue weighted by atomic mass is 16.6. The highest BCUT2D eigenvalue weighted by molar-refractivity contribution is 5.89. The van der Waals surface area contributed by atoms with Gasteiger partial charge in [0.25, 0.3) is 0 Å². The van der Waals surface area contributed by atoms with Crippen molar-refractivity contribution in [3.05, 3.63) is 29.5 Å². The fraction of sp³-hybridized carbons (Fsp3) is 0.438. The summed E-state index contributed by atoms with van der Waals surface area (Å²) in [6.45, 7) is 6.04. The molecule has 0 aliphatic carbocycles. The van der Waals surface area contributed by atoms with Crippen molar-refractivity contribution in [2.45, 2.75) is 39.2 Å². The summed E-state index contributed by atoms with van der Waals surface area (Å²) in [6, 6.07) is 1.86. The first-order valence-corrected chi connectivity index (χ1v) is 7.17. The Labute approximate surface area is 129 Å². The van der Waals surface area contributed by atoms with Crippen LogP contribution >= 0.6 is 0 Å². The number of amides is 1. The minimum absolute atomic E-state index is 0.408. The van der Waals surface area contributed by atoms with Gasteiger partial charge in [-0.3, -0.25) is 4.90 Å². The largest absolute Gasteiger partial charge is 0.478 e. The highest BCUT2D eigenvalue weighted by Crippen LogP contribution is 2.27. The highest BCUT2D eigenvalue weighted by Gasteiger charge is 2.28. The number of rotatable bonds is 2. The van der Waals surface area contributed by atoms with E-state index in [-0.39, 0.29) is 0 Å². The molecule has 118 valence electrons. The molecule has 0 aromatic carbocycles. The number of pyridine rings is 1. The summed E-state index contributed by atoms with van der Waals surface area (Å²) < 4.78 is 5.40. The molecule has 0 bridgehead atoms. The molecule has 0 saturated heterocycles. The predicted molar refractivity (Wildman–Crippen MR) is 82.8 cm³/mol. The van der Waals surface area contributed by atoms with Gasteiger partial charge in [0.2, 0.25) is 0 Å². The number of nitrogens with zero attached hydrogens (tertiary/aromatic N) is 2. The third-order valence-electron chi connectivity index (χ3n) is 3.08. The van der Waals surface area contributed by atoms with Crippen LogP contribution in [0.1, 0.15) is 38.3 Å². The zero-order valence-electron chi connectivity index (χ0n) is 13.0. The smallest absolute Gasteiger partial charge is 0.416 e. The van der Waals surface area contributed by atoms with Gasteiger partial charge in [0.05, 0.1) is 0 Å². The molecule has 1 aromatic heterocycles. The van der Waals surface area contributed by atoms with Crippen LogP contribution in [0, 0.1) is 0 Å². The Morgan fingerprint density at radius 1 is 1.41 bits per heavy atom. The van der Waals surface area contributed by atoms with E-state index in [0.29, 0.717) is 17.9 Å². The van der Waals surface area contributed by atoms with Crippen LogP contribution in [-0.4, -0.2) is 34.3 Å². The van der Waals surface area contributed by atoms with E-state index >= 15 is 0 Å². The van der Waals surface area contributed by atoms with Gasteiger partial charge in [0, 0.05) is 18.8 Å². The van der Waals surface area contributed by atoms with Crippen molar-refractivity contribution in [1.82, 2.24) is 4.98 Å². The van der Waals surface area contributed by atoms with E-state index in [0.717, 1.165) is 24.5 Å². The minimum atomic E-state index is -1.01. The number of anilines is 1. The van der Waals surface area contributed by atoms with E-state index < -0.39 is 17.7 Å². The summed E-state index contributed by atoms with van der Waals surface area (Å²) in [7, 11) is 0. The van der Waals surface area contributed by atoms with Gasteiger partial charge < -0.3 is 9.84 Å². The Bertz CT molecular complexity index is 617. The number of aliphatic carboxylic acids is 1. The Morgan fingerprint density at radius 2 is 2.14 bits per heavy atom. The van der Waals surface area contributed by atoms with E-state index in [1.54, 1.807) is 6.20 Å². The van der Waals surface area contributed by atoms with Crippen LogP contribution in [-0.2, 0) is 16.0 Å². The van der Waals surface area contributed by atoms with Crippen molar-refractivity contribution in [1.29, 1.82) is 0 Å². The van der Waals surface area contributed by atoms with Crippen molar-refractivity contribution in [3.8, 4) is 0 Å². The molecule has 2 rings (SSSR count). The number of hydrogen-bond acceptors (Lipinski definition) is 4. The molecule has 1 aromatic rings. The molecule has 2 heterocycles. The molecule has 1 amide bonds. The van der Waals surface area contributed by atoms with E-state index in [2.05, 4.69) is 4.98 Å². The zero-order valence-corrected chi connectivity index (χ0v) is 13.0. The average molecular weight is 304 g/mol. The topological polar surface area (TPSA) is 79.7 Å². The average Bonchev–Trinajstić information content (AvgIpc) is 2.42. The van der Waals surface area contributed by atoms with Crippen LogP contribution in [0.2, 0.25) is 0 Å². The molecular weight excluding hydrogens is 284 g/mol. The second kappa shape index (κ2) is 6.17. The van der Waals surface area contributed by atoms with E-state index in [4.69, 9.17) is 9.84 Å². The molecule has 6 nitrogen and oxygen atoms in total. The monoisotopic (exact) mass is 304 g/mol. The Morgan fingerprint density at radius 3 is 2.77 bits per heavy atom. The lowest BCUT2D eigenvalue weighted by molar-refractivity contribution is -0.131. The van der Waals surface area contributed by atoms with E-state index in [1.807, 2.05) is 26.8 Å². The van der Waals surface area contributed by atoms with Crippen molar-refractivity contribution in [3.63, 3.8) is 0 Å². The van der Waals surface area contributed by atoms with Gasteiger partial charge in [0.15, 0.2) is 0 Å². The van der Waals surface area contributed by atoms with Gasteiger partial charge in [-0.2, -0.15) is 0 Å². The number of carboxylic acid groups (broad SMARTS) is 1. The van der Waals surface area contributed by atoms with Crippen LogP contribution in [0.15, 0.2) is 18.3 Å². The van der Waals surface area contributed by atoms with Crippen LogP contribution < -0.4 is 4.90 Å². The first kappa shape index (κ1) is 16.0. The summed E-state index contributed by atoms with van der Waals surface area (Å²) in [4.78, 5) is 28.7. The maximum absolute atomic E-state index is 12.2. The number of ether oxygens (including phenoxy) is 1. The molecule has 0 atom stereocenters. The third kappa shape index (κ3) is 4.07. The summed E-state index contributed by atoms with van der Waals surface area (Å²) in [5, 5.41) is 8.66.